The number of rotatable bonds is 16. The van der Waals surface area contributed by atoms with Crippen LogP contribution in [0.2, 0.25) is 0 Å². The van der Waals surface area contributed by atoms with Gasteiger partial charge in [0.15, 0.2) is 0 Å². The van der Waals surface area contributed by atoms with E-state index in [0.717, 1.165) is 55.5 Å². The zero-order valence-electron chi connectivity index (χ0n) is 33.8. The summed E-state index contributed by atoms with van der Waals surface area (Å²) >= 11 is 14.5. The van der Waals surface area contributed by atoms with Crippen LogP contribution >= 0.6 is 63.7 Å². The Labute approximate surface area is 376 Å². The van der Waals surface area contributed by atoms with Crippen molar-refractivity contribution in [3.8, 4) is 34.0 Å². The van der Waals surface area contributed by atoms with Crippen LogP contribution in [-0.2, 0) is 22.7 Å². The van der Waals surface area contributed by atoms with Crippen molar-refractivity contribution in [2.45, 2.75) is 91.1 Å². The molecule has 0 N–H and O–H groups in total. The lowest BCUT2D eigenvalue weighted by atomic mass is 9.89. The topological polar surface area (TPSA) is 87.4 Å². The fourth-order valence-electron chi connectivity index (χ4n) is 8.47. The van der Waals surface area contributed by atoms with Crippen molar-refractivity contribution in [3.05, 3.63) is 77.8 Å². The first kappa shape index (κ1) is 44.9. The molecule has 314 valence electrons. The molecular weight excluding hydrogens is 1000 g/mol. The quantitative estimate of drug-likeness (QED) is 0.103. The maximum absolute atomic E-state index is 14.1. The first-order valence-electron chi connectivity index (χ1n) is 20.4. The SMILES string of the molecule is CCN(Cc1ccc(-c2cc(Br)cc(Br)c2OC)n1OC(=O)C(=O)On1c(CN(CC)CC2CCCCC2)ccc1-c1cc(Br)cc(Br)c1OC)CC1CCCCC1. The lowest BCUT2D eigenvalue weighted by molar-refractivity contribution is -0.168. The smallest absolute Gasteiger partial charge is 0.444 e. The Kier molecular flexibility index (Phi) is 16.5. The molecule has 0 bridgehead atoms. The summed E-state index contributed by atoms with van der Waals surface area (Å²) in [5.74, 6) is 0.0413. The Morgan fingerprint density at radius 3 is 1.33 bits per heavy atom. The van der Waals surface area contributed by atoms with E-state index in [1.165, 1.54) is 73.7 Å². The second kappa shape index (κ2) is 21.3. The van der Waals surface area contributed by atoms with Crippen molar-refractivity contribution in [2.24, 2.45) is 11.8 Å². The van der Waals surface area contributed by atoms with Gasteiger partial charge in [0, 0.05) is 46.3 Å². The molecule has 0 radical (unpaired) electrons. The molecule has 10 nitrogen and oxygen atoms in total. The molecule has 2 fully saturated rings. The second-order valence-corrected chi connectivity index (χ2v) is 18.9. The van der Waals surface area contributed by atoms with Gasteiger partial charge in [-0.15, -0.1) is 0 Å². The molecule has 0 aliphatic heterocycles. The summed E-state index contributed by atoms with van der Waals surface area (Å²) in [6.07, 6.45) is 12.5. The van der Waals surface area contributed by atoms with Crippen molar-refractivity contribution < 1.29 is 28.7 Å². The minimum Gasteiger partial charge on any atom is -0.495 e. The fraction of sp³-hybridized carbons (Fsp3) is 0.500. The number of nitrogens with zero attached hydrogens (tertiary/aromatic N) is 4. The third-order valence-electron chi connectivity index (χ3n) is 11.5. The summed E-state index contributed by atoms with van der Waals surface area (Å²) in [5.41, 5.74) is 3.89. The minimum absolute atomic E-state index is 0.518. The second-order valence-electron chi connectivity index (χ2n) is 15.4. The summed E-state index contributed by atoms with van der Waals surface area (Å²) < 4.78 is 17.6. The van der Waals surface area contributed by atoms with E-state index in [0.29, 0.717) is 58.9 Å². The van der Waals surface area contributed by atoms with E-state index in [-0.39, 0.29) is 0 Å². The molecule has 2 aliphatic rings. The maximum Gasteiger partial charge on any atom is 0.444 e. The summed E-state index contributed by atoms with van der Waals surface area (Å²) in [6.45, 7) is 8.87. The first-order valence-corrected chi connectivity index (χ1v) is 23.6. The fourth-order valence-corrected chi connectivity index (χ4v) is 11.2. The lowest BCUT2D eigenvalue weighted by Gasteiger charge is -2.29. The highest BCUT2D eigenvalue weighted by Crippen LogP contribution is 2.41. The molecule has 58 heavy (non-hydrogen) atoms. The molecule has 2 aliphatic carbocycles. The van der Waals surface area contributed by atoms with Gasteiger partial charge in [-0.25, -0.2) is 9.59 Å². The molecular formula is C44H54Br4N4O6. The first-order chi connectivity index (χ1) is 28.0. The number of hydrogen-bond acceptors (Lipinski definition) is 8. The van der Waals surface area contributed by atoms with E-state index in [4.69, 9.17) is 19.1 Å². The van der Waals surface area contributed by atoms with Gasteiger partial charge in [-0.1, -0.05) is 84.2 Å². The van der Waals surface area contributed by atoms with E-state index in [2.05, 4.69) is 87.4 Å². The van der Waals surface area contributed by atoms with Crippen LogP contribution in [-0.4, -0.2) is 71.6 Å². The van der Waals surface area contributed by atoms with E-state index in [1.54, 1.807) is 14.2 Å². The van der Waals surface area contributed by atoms with Crippen LogP contribution in [0, 0.1) is 11.8 Å². The zero-order chi connectivity index (χ0) is 41.3. The highest BCUT2D eigenvalue weighted by atomic mass is 79.9. The van der Waals surface area contributed by atoms with Gasteiger partial charge in [0.1, 0.15) is 11.5 Å². The Hall–Kier alpha value is -2.62. The molecule has 0 saturated heterocycles. The molecule has 2 saturated carbocycles. The van der Waals surface area contributed by atoms with Crippen molar-refractivity contribution >= 4 is 75.7 Å². The highest BCUT2D eigenvalue weighted by Gasteiger charge is 2.29. The van der Waals surface area contributed by atoms with Crippen LogP contribution in [0.1, 0.15) is 89.4 Å². The van der Waals surface area contributed by atoms with Gasteiger partial charge in [0.2, 0.25) is 0 Å². The number of benzene rings is 2. The summed E-state index contributed by atoms with van der Waals surface area (Å²) in [5, 5.41) is 0. The van der Waals surface area contributed by atoms with Gasteiger partial charge in [0.25, 0.3) is 0 Å². The van der Waals surface area contributed by atoms with Gasteiger partial charge in [-0.3, -0.25) is 9.80 Å². The zero-order valence-corrected chi connectivity index (χ0v) is 40.2. The molecule has 2 aromatic heterocycles. The normalized spacial score (nSPS) is 15.3. The molecule has 0 unspecified atom stereocenters. The standard InChI is InChI=1S/C44H54Br4N4O6/c1-5-49(25-29-13-9-7-10-14-29)27-33-17-19-39(35-21-31(45)23-37(47)41(35)55-3)51(33)57-43(53)44(54)58-52-34(28-50(6-2)26-30-15-11-8-12-16-30)18-20-40(52)36-22-32(46)24-38(48)42(36)56-4/h17-24,29-30H,5-16,25-28H2,1-4H3. The molecule has 2 heterocycles. The summed E-state index contributed by atoms with van der Waals surface area (Å²) in [6, 6.07) is 15.3. The van der Waals surface area contributed by atoms with Crippen LogP contribution in [0.4, 0.5) is 0 Å². The Morgan fingerprint density at radius 1 is 0.603 bits per heavy atom. The number of methoxy groups -OCH3 is 2. The predicted octanol–water partition coefficient (Wildman–Crippen LogP) is 11.1. The Morgan fingerprint density at radius 2 is 0.983 bits per heavy atom. The lowest BCUT2D eigenvalue weighted by Crippen LogP contribution is -2.38. The molecule has 2 aromatic carbocycles. The van der Waals surface area contributed by atoms with Gasteiger partial charge in [-0.05, 0) is 131 Å². The summed E-state index contributed by atoms with van der Waals surface area (Å²) in [7, 11) is 3.19. The van der Waals surface area contributed by atoms with Crippen LogP contribution < -0.4 is 19.1 Å². The van der Waals surface area contributed by atoms with E-state index in [1.807, 2.05) is 48.5 Å². The van der Waals surface area contributed by atoms with E-state index < -0.39 is 11.9 Å². The monoisotopic (exact) mass is 1050 g/mol. The molecule has 6 rings (SSSR count). The Balaban J connectivity index is 1.34. The maximum atomic E-state index is 14.1. The third kappa shape index (κ3) is 11.0. The van der Waals surface area contributed by atoms with Crippen molar-refractivity contribution in [3.63, 3.8) is 0 Å². The molecule has 14 heteroatoms. The average Bonchev–Trinajstić information content (AvgIpc) is 3.79. The number of hydrogen-bond donors (Lipinski definition) is 0. The molecule has 4 aromatic rings. The predicted molar refractivity (Wildman–Crippen MR) is 242 cm³/mol. The third-order valence-corrected chi connectivity index (χ3v) is 13.6. The van der Waals surface area contributed by atoms with Crippen molar-refractivity contribution in [2.75, 3.05) is 40.4 Å². The number of carbonyl (C=O) groups is 2. The van der Waals surface area contributed by atoms with E-state index >= 15 is 0 Å². The largest absolute Gasteiger partial charge is 0.495 e. The number of carbonyl (C=O) groups excluding carboxylic acids is 2. The van der Waals surface area contributed by atoms with Crippen LogP contribution in [0.3, 0.4) is 0 Å². The Bertz CT molecular complexity index is 1890. The molecule has 0 atom stereocenters. The van der Waals surface area contributed by atoms with Gasteiger partial charge in [0.05, 0.1) is 45.9 Å². The minimum atomic E-state index is -1.16. The number of halogens is 4. The van der Waals surface area contributed by atoms with Crippen molar-refractivity contribution in [1.82, 2.24) is 19.3 Å². The van der Waals surface area contributed by atoms with Gasteiger partial charge >= 0.3 is 11.9 Å². The average molecular weight is 1050 g/mol. The van der Waals surface area contributed by atoms with Gasteiger partial charge in [-0.2, -0.15) is 9.46 Å². The van der Waals surface area contributed by atoms with Crippen LogP contribution in [0.5, 0.6) is 11.5 Å². The van der Waals surface area contributed by atoms with E-state index in [9.17, 15) is 9.59 Å². The van der Waals surface area contributed by atoms with Gasteiger partial charge < -0.3 is 19.1 Å². The van der Waals surface area contributed by atoms with Crippen LogP contribution in [0.15, 0.2) is 66.4 Å². The molecule has 0 amide bonds. The van der Waals surface area contributed by atoms with Crippen molar-refractivity contribution in [1.29, 1.82) is 0 Å². The highest BCUT2D eigenvalue weighted by molar-refractivity contribution is 9.11. The van der Waals surface area contributed by atoms with Crippen LogP contribution in [0.25, 0.3) is 22.5 Å². The summed E-state index contributed by atoms with van der Waals surface area (Å²) in [4.78, 5) is 45.2. The number of ether oxygens (including phenoxy) is 2. The molecule has 0 spiro atoms. The number of aromatic nitrogens is 2.